The van der Waals surface area contributed by atoms with Gasteiger partial charge in [0.25, 0.3) is 11.6 Å². The highest BCUT2D eigenvalue weighted by Crippen LogP contribution is 2.25. The van der Waals surface area contributed by atoms with Gasteiger partial charge in [-0.1, -0.05) is 35.9 Å². The summed E-state index contributed by atoms with van der Waals surface area (Å²) in [7, 11) is 0. The SMILES string of the molecule is Cc1cccc(Nc2cc(Cl)ccc2C(=O)N/N=C/c2cccc([N+](=O)[O-])c2)c1. The summed E-state index contributed by atoms with van der Waals surface area (Å²) in [5.74, 6) is -0.446. The number of hydrogen-bond donors (Lipinski definition) is 2. The van der Waals surface area contributed by atoms with Crippen LogP contribution >= 0.6 is 11.6 Å². The Morgan fingerprint density at radius 1 is 1.10 bits per heavy atom. The topological polar surface area (TPSA) is 96.6 Å². The molecule has 0 spiro atoms. The molecule has 0 atom stereocenters. The Hall–Kier alpha value is -3.71. The molecule has 2 N–H and O–H groups in total. The first-order valence-electron chi connectivity index (χ1n) is 8.63. The molecule has 0 radical (unpaired) electrons. The average Bonchev–Trinajstić information content (AvgIpc) is 2.68. The molecule has 0 aliphatic carbocycles. The summed E-state index contributed by atoms with van der Waals surface area (Å²) in [4.78, 5) is 22.9. The van der Waals surface area contributed by atoms with E-state index in [4.69, 9.17) is 11.6 Å². The largest absolute Gasteiger partial charge is 0.355 e. The molecular weight excluding hydrogens is 392 g/mol. The number of amides is 1. The number of nitrogens with one attached hydrogen (secondary N) is 2. The number of carbonyl (C=O) groups is 1. The molecule has 29 heavy (non-hydrogen) atoms. The van der Waals surface area contributed by atoms with Crippen LogP contribution < -0.4 is 10.7 Å². The van der Waals surface area contributed by atoms with Gasteiger partial charge in [-0.2, -0.15) is 5.10 Å². The van der Waals surface area contributed by atoms with E-state index in [1.807, 2.05) is 31.2 Å². The number of benzene rings is 3. The first-order valence-corrected chi connectivity index (χ1v) is 9.01. The van der Waals surface area contributed by atoms with E-state index in [2.05, 4.69) is 15.8 Å². The molecule has 8 heteroatoms. The molecule has 0 heterocycles. The fourth-order valence-corrected chi connectivity index (χ4v) is 2.81. The second-order valence-electron chi connectivity index (χ2n) is 6.24. The van der Waals surface area contributed by atoms with Crippen molar-refractivity contribution in [3.63, 3.8) is 0 Å². The van der Waals surface area contributed by atoms with Crippen LogP contribution in [0.4, 0.5) is 17.1 Å². The highest BCUT2D eigenvalue weighted by Gasteiger charge is 2.12. The van der Waals surface area contributed by atoms with Crippen molar-refractivity contribution in [3.05, 3.63) is 98.6 Å². The first kappa shape index (κ1) is 20.0. The van der Waals surface area contributed by atoms with Crippen molar-refractivity contribution in [2.75, 3.05) is 5.32 Å². The van der Waals surface area contributed by atoms with E-state index in [1.54, 1.807) is 30.3 Å². The minimum absolute atomic E-state index is 0.0531. The van der Waals surface area contributed by atoms with Crippen LogP contribution in [0.3, 0.4) is 0 Å². The van der Waals surface area contributed by atoms with Crippen molar-refractivity contribution in [1.29, 1.82) is 0 Å². The third-order valence-electron chi connectivity index (χ3n) is 3.98. The molecular formula is C21H17ClN4O3. The van der Waals surface area contributed by atoms with Crippen LogP contribution in [0.15, 0.2) is 71.8 Å². The van der Waals surface area contributed by atoms with E-state index >= 15 is 0 Å². The van der Waals surface area contributed by atoms with E-state index < -0.39 is 10.8 Å². The maximum absolute atomic E-state index is 12.6. The van der Waals surface area contributed by atoms with Crippen molar-refractivity contribution in [1.82, 2.24) is 5.43 Å². The maximum atomic E-state index is 12.6. The van der Waals surface area contributed by atoms with E-state index in [0.29, 0.717) is 21.8 Å². The van der Waals surface area contributed by atoms with Crippen molar-refractivity contribution in [3.8, 4) is 0 Å². The van der Waals surface area contributed by atoms with Crippen LogP contribution in [-0.4, -0.2) is 17.0 Å². The zero-order valence-corrected chi connectivity index (χ0v) is 16.2. The second-order valence-corrected chi connectivity index (χ2v) is 6.67. The minimum atomic E-state index is -0.493. The number of nitrogens with zero attached hydrogens (tertiary/aromatic N) is 2. The van der Waals surface area contributed by atoms with Gasteiger partial charge in [-0.25, -0.2) is 5.43 Å². The zero-order valence-electron chi connectivity index (χ0n) is 15.4. The third-order valence-corrected chi connectivity index (χ3v) is 4.22. The van der Waals surface area contributed by atoms with Crippen molar-refractivity contribution in [2.45, 2.75) is 6.92 Å². The number of hydrazone groups is 1. The molecule has 0 aromatic heterocycles. The quantitative estimate of drug-likeness (QED) is 0.338. The van der Waals surface area contributed by atoms with Gasteiger partial charge in [0.1, 0.15) is 0 Å². The average molecular weight is 409 g/mol. The number of aryl methyl sites for hydroxylation is 1. The van der Waals surface area contributed by atoms with Crippen molar-refractivity contribution >= 4 is 40.8 Å². The number of carbonyl (C=O) groups excluding carboxylic acids is 1. The molecule has 146 valence electrons. The minimum Gasteiger partial charge on any atom is -0.355 e. The fourth-order valence-electron chi connectivity index (χ4n) is 2.64. The summed E-state index contributed by atoms with van der Waals surface area (Å²) >= 11 is 6.09. The fraction of sp³-hybridized carbons (Fsp3) is 0.0476. The normalized spacial score (nSPS) is 10.7. The zero-order chi connectivity index (χ0) is 20.8. The Balaban J connectivity index is 1.77. The summed E-state index contributed by atoms with van der Waals surface area (Å²) in [5, 5.41) is 18.4. The standard InChI is InChI=1S/C21H17ClN4O3/c1-14-4-2-6-17(10-14)24-20-12-16(22)8-9-19(20)21(27)25-23-13-15-5-3-7-18(11-15)26(28)29/h2-13,24H,1H3,(H,25,27)/b23-13+. The molecule has 1 amide bonds. The van der Waals surface area contributed by atoms with Crippen LogP contribution in [0, 0.1) is 17.0 Å². The smallest absolute Gasteiger partial charge is 0.273 e. The third kappa shape index (κ3) is 5.40. The van der Waals surface area contributed by atoms with Gasteiger partial charge in [0.05, 0.1) is 22.4 Å². The Morgan fingerprint density at radius 3 is 2.66 bits per heavy atom. The first-order chi connectivity index (χ1) is 13.9. The molecule has 0 fully saturated rings. The molecule has 7 nitrogen and oxygen atoms in total. The summed E-state index contributed by atoms with van der Waals surface area (Å²) < 4.78 is 0. The van der Waals surface area contributed by atoms with Crippen LogP contribution in [0.25, 0.3) is 0 Å². The van der Waals surface area contributed by atoms with Gasteiger partial charge in [-0.05, 0) is 42.8 Å². The molecule has 3 rings (SSSR count). The molecule has 0 unspecified atom stereocenters. The van der Waals surface area contributed by atoms with Gasteiger partial charge in [0.2, 0.25) is 0 Å². The molecule has 0 aliphatic rings. The van der Waals surface area contributed by atoms with Gasteiger partial charge in [0.15, 0.2) is 0 Å². The Morgan fingerprint density at radius 2 is 1.90 bits per heavy atom. The number of rotatable bonds is 6. The summed E-state index contributed by atoms with van der Waals surface area (Å²) in [6.07, 6.45) is 1.34. The predicted molar refractivity (Wildman–Crippen MR) is 114 cm³/mol. The lowest BCUT2D eigenvalue weighted by Gasteiger charge is -2.12. The van der Waals surface area contributed by atoms with Crippen molar-refractivity contribution in [2.24, 2.45) is 5.10 Å². The van der Waals surface area contributed by atoms with E-state index in [0.717, 1.165) is 11.3 Å². The van der Waals surface area contributed by atoms with Gasteiger partial charge < -0.3 is 5.32 Å². The van der Waals surface area contributed by atoms with Gasteiger partial charge in [0, 0.05) is 28.4 Å². The maximum Gasteiger partial charge on any atom is 0.273 e. The lowest BCUT2D eigenvalue weighted by atomic mass is 10.1. The highest BCUT2D eigenvalue weighted by molar-refractivity contribution is 6.31. The highest BCUT2D eigenvalue weighted by atomic mass is 35.5. The molecule has 0 saturated carbocycles. The number of hydrogen-bond acceptors (Lipinski definition) is 5. The Kier molecular flexibility index (Phi) is 6.21. The van der Waals surface area contributed by atoms with Crippen LogP contribution in [0.1, 0.15) is 21.5 Å². The van der Waals surface area contributed by atoms with E-state index in [9.17, 15) is 14.9 Å². The van der Waals surface area contributed by atoms with Crippen molar-refractivity contribution < 1.29 is 9.72 Å². The lowest BCUT2D eigenvalue weighted by molar-refractivity contribution is -0.384. The Labute approximate surface area is 172 Å². The predicted octanol–water partition coefficient (Wildman–Crippen LogP) is 5.06. The van der Waals surface area contributed by atoms with Crippen LogP contribution in [-0.2, 0) is 0 Å². The number of nitro groups is 1. The second kappa shape index (κ2) is 8.99. The number of halogens is 1. The molecule has 3 aromatic rings. The summed E-state index contributed by atoms with van der Waals surface area (Å²) in [6.45, 7) is 1.97. The van der Waals surface area contributed by atoms with Gasteiger partial charge >= 0.3 is 0 Å². The van der Waals surface area contributed by atoms with E-state index in [-0.39, 0.29) is 5.69 Å². The number of nitro benzene ring substituents is 1. The molecule has 0 bridgehead atoms. The van der Waals surface area contributed by atoms with Crippen LogP contribution in [0.2, 0.25) is 5.02 Å². The van der Waals surface area contributed by atoms with E-state index in [1.165, 1.54) is 18.3 Å². The van der Waals surface area contributed by atoms with Crippen LogP contribution in [0.5, 0.6) is 0 Å². The molecule has 0 aliphatic heterocycles. The lowest BCUT2D eigenvalue weighted by Crippen LogP contribution is -2.19. The summed E-state index contributed by atoms with van der Waals surface area (Å²) in [5.41, 5.74) is 5.65. The van der Waals surface area contributed by atoms with Gasteiger partial charge in [-0.15, -0.1) is 0 Å². The molecule has 3 aromatic carbocycles. The summed E-state index contributed by atoms with van der Waals surface area (Å²) in [6, 6.07) is 18.5. The van der Waals surface area contributed by atoms with Gasteiger partial charge in [-0.3, -0.25) is 14.9 Å². The Bertz CT molecular complexity index is 1100. The monoisotopic (exact) mass is 408 g/mol. The molecule has 0 saturated heterocycles. The number of non-ortho nitro benzene ring substituents is 1. The number of anilines is 2.